The van der Waals surface area contributed by atoms with E-state index < -0.39 is 23.2 Å². The molecule has 1 amide bonds. The second kappa shape index (κ2) is 6.35. The Kier molecular flexibility index (Phi) is 4.64. The first-order valence-electron chi connectivity index (χ1n) is 7.05. The number of alkyl halides is 3. The highest BCUT2D eigenvalue weighted by Gasteiger charge is 2.33. The molecule has 0 aliphatic carbocycles. The number of aromatic nitrogens is 2. The van der Waals surface area contributed by atoms with E-state index in [1.807, 2.05) is 6.07 Å². The van der Waals surface area contributed by atoms with Crippen molar-refractivity contribution in [1.82, 2.24) is 15.1 Å². The lowest BCUT2D eigenvalue weighted by Gasteiger charge is -2.15. The van der Waals surface area contributed by atoms with Crippen LogP contribution in [0.3, 0.4) is 0 Å². The summed E-state index contributed by atoms with van der Waals surface area (Å²) >= 11 is 0. The van der Waals surface area contributed by atoms with Crippen molar-refractivity contribution >= 4 is 5.91 Å². The number of halogens is 3. The van der Waals surface area contributed by atoms with Gasteiger partial charge in [-0.05, 0) is 37.6 Å². The fourth-order valence-electron chi connectivity index (χ4n) is 1.84. The summed E-state index contributed by atoms with van der Waals surface area (Å²) in [4.78, 5) is 11.8. The molecule has 0 spiro atoms. The van der Waals surface area contributed by atoms with Gasteiger partial charge >= 0.3 is 6.18 Å². The van der Waals surface area contributed by atoms with Crippen LogP contribution in [0.4, 0.5) is 13.2 Å². The molecule has 24 heavy (non-hydrogen) atoms. The monoisotopic (exact) mass is 336 g/mol. The molecule has 1 N–H and O–H groups in total. The first kappa shape index (κ1) is 17.5. The average molecular weight is 336 g/mol. The van der Waals surface area contributed by atoms with Gasteiger partial charge in [0.1, 0.15) is 5.41 Å². The Balaban J connectivity index is 2.05. The van der Waals surface area contributed by atoms with E-state index in [0.717, 1.165) is 16.3 Å². The minimum Gasteiger partial charge on any atom is -0.351 e. The van der Waals surface area contributed by atoms with E-state index in [-0.39, 0.29) is 6.54 Å². The van der Waals surface area contributed by atoms with Gasteiger partial charge in [0.05, 0.1) is 11.8 Å². The third-order valence-electron chi connectivity index (χ3n) is 3.38. The molecule has 0 fully saturated rings. The number of hydrogen-bond acceptors (Lipinski definition) is 3. The number of amides is 1. The van der Waals surface area contributed by atoms with Crippen molar-refractivity contribution in [3.05, 3.63) is 47.8 Å². The molecular formula is C16H15F3N4O. The molecule has 0 aliphatic rings. The van der Waals surface area contributed by atoms with E-state index in [4.69, 9.17) is 5.26 Å². The topological polar surface area (TPSA) is 70.7 Å². The summed E-state index contributed by atoms with van der Waals surface area (Å²) in [5, 5.41) is 15.0. The largest absolute Gasteiger partial charge is 0.435 e. The molecule has 1 heterocycles. The van der Waals surface area contributed by atoms with Gasteiger partial charge in [0, 0.05) is 12.7 Å². The highest BCUT2D eigenvalue weighted by molar-refractivity contribution is 5.84. The molecule has 8 heteroatoms. The SMILES string of the molecule is CC(C)(C#N)C(=O)NCc1ccc(-n2ccc(C(F)(F)F)n2)cc1. The molecule has 2 rings (SSSR count). The van der Waals surface area contributed by atoms with Crippen molar-refractivity contribution in [3.8, 4) is 11.8 Å². The molecule has 0 saturated carbocycles. The third-order valence-corrected chi connectivity index (χ3v) is 3.38. The Morgan fingerprint density at radius 1 is 1.25 bits per heavy atom. The minimum absolute atomic E-state index is 0.219. The maximum Gasteiger partial charge on any atom is 0.435 e. The number of carbonyl (C=O) groups is 1. The summed E-state index contributed by atoms with van der Waals surface area (Å²) in [7, 11) is 0. The van der Waals surface area contributed by atoms with E-state index >= 15 is 0 Å². The predicted molar refractivity (Wildman–Crippen MR) is 79.8 cm³/mol. The standard InChI is InChI=1S/C16H15F3N4O/c1-15(2,10-20)14(24)21-9-11-3-5-12(6-4-11)23-8-7-13(22-23)16(17,18)19/h3-8H,9H2,1-2H3,(H,21,24). The van der Waals surface area contributed by atoms with Crippen LogP contribution in [-0.4, -0.2) is 15.7 Å². The zero-order valence-electron chi connectivity index (χ0n) is 13.1. The molecule has 0 radical (unpaired) electrons. The molecule has 0 atom stereocenters. The van der Waals surface area contributed by atoms with E-state index in [1.54, 1.807) is 24.3 Å². The summed E-state index contributed by atoms with van der Waals surface area (Å²) in [6, 6.07) is 9.35. The van der Waals surface area contributed by atoms with Crippen molar-refractivity contribution in [3.63, 3.8) is 0 Å². The summed E-state index contributed by atoms with van der Waals surface area (Å²) in [6.45, 7) is 3.25. The highest BCUT2D eigenvalue weighted by atomic mass is 19.4. The van der Waals surface area contributed by atoms with Gasteiger partial charge in [0.15, 0.2) is 5.69 Å². The summed E-state index contributed by atoms with van der Waals surface area (Å²) < 4.78 is 38.8. The van der Waals surface area contributed by atoms with Crippen LogP contribution in [0, 0.1) is 16.7 Å². The number of carbonyl (C=O) groups excluding carboxylic acids is 1. The molecule has 0 aliphatic heterocycles. The fraction of sp³-hybridized carbons (Fsp3) is 0.312. The van der Waals surface area contributed by atoms with Gasteiger partial charge in [-0.2, -0.15) is 23.5 Å². The third kappa shape index (κ3) is 3.93. The lowest BCUT2D eigenvalue weighted by molar-refractivity contribution is -0.141. The number of hydrogen-bond donors (Lipinski definition) is 1. The van der Waals surface area contributed by atoms with Gasteiger partial charge in [-0.1, -0.05) is 12.1 Å². The Hall–Kier alpha value is -2.82. The van der Waals surface area contributed by atoms with Crippen LogP contribution in [0.15, 0.2) is 36.5 Å². The van der Waals surface area contributed by atoms with Crippen molar-refractivity contribution in [2.75, 3.05) is 0 Å². The van der Waals surface area contributed by atoms with Gasteiger partial charge in [-0.3, -0.25) is 4.79 Å². The van der Waals surface area contributed by atoms with Crippen LogP contribution in [0.5, 0.6) is 0 Å². The molecule has 5 nitrogen and oxygen atoms in total. The van der Waals surface area contributed by atoms with E-state index in [9.17, 15) is 18.0 Å². The number of benzene rings is 1. The van der Waals surface area contributed by atoms with Gasteiger partial charge in [0.25, 0.3) is 0 Å². The Morgan fingerprint density at radius 3 is 2.38 bits per heavy atom. The smallest absolute Gasteiger partial charge is 0.351 e. The second-order valence-electron chi connectivity index (χ2n) is 5.73. The number of rotatable bonds is 4. The van der Waals surface area contributed by atoms with Crippen LogP contribution < -0.4 is 5.32 Å². The average Bonchev–Trinajstić information content (AvgIpc) is 3.03. The van der Waals surface area contributed by atoms with Crippen molar-refractivity contribution in [2.24, 2.45) is 5.41 Å². The van der Waals surface area contributed by atoms with Crippen LogP contribution in [0.1, 0.15) is 25.1 Å². The van der Waals surface area contributed by atoms with E-state index in [2.05, 4.69) is 10.4 Å². The van der Waals surface area contributed by atoms with Gasteiger partial charge < -0.3 is 5.32 Å². The lowest BCUT2D eigenvalue weighted by atomic mass is 9.95. The molecule has 126 valence electrons. The zero-order valence-corrected chi connectivity index (χ0v) is 13.1. The van der Waals surface area contributed by atoms with Crippen LogP contribution in [0.2, 0.25) is 0 Å². The van der Waals surface area contributed by atoms with Crippen LogP contribution in [-0.2, 0) is 17.5 Å². The van der Waals surface area contributed by atoms with Gasteiger partial charge in [0.2, 0.25) is 5.91 Å². The summed E-state index contributed by atoms with van der Waals surface area (Å²) in [5.74, 6) is -0.393. The molecular weight excluding hydrogens is 321 g/mol. The van der Waals surface area contributed by atoms with E-state index in [0.29, 0.717) is 5.69 Å². The number of nitrogens with one attached hydrogen (secondary N) is 1. The number of nitrogens with zero attached hydrogens (tertiary/aromatic N) is 3. The fourth-order valence-corrected chi connectivity index (χ4v) is 1.84. The first-order valence-corrected chi connectivity index (χ1v) is 7.05. The second-order valence-corrected chi connectivity index (χ2v) is 5.73. The lowest BCUT2D eigenvalue weighted by Crippen LogP contribution is -2.35. The van der Waals surface area contributed by atoms with Crippen LogP contribution in [0.25, 0.3) is 5.69 Å². The van der Waals surface area contributed by atoms with Crippen LogP contribution >= 0.6 is 0 Å². The van der Waals surface area contributed by atoms with Crippen molar-refractivity contribution in [1.29, 1.82) is 5.26 Å². The first-order chi connectivity index (χ1) is 11.1. The number of nitriles is 1. The highest BCUT2D eigenvalue weighted by Crippen LogP contribution is 2.27. The normalized spacial score (nSPS) is 11.8. The molecule has 1 aromatic heterocycles. The Bertz CT molecular complexity index is 770. The molecule has 0 saturated heterocycles. The Labute approximate surface area is 136 Å². The molecule has 1 aromatic carbocycles. The van der Waals surface area contributed by atoms with Crippen molar-refractivity contribution < 1.29 is 18.0 Å². The molecule has 0 unspecified atom stereocenters. The molecule has 0 bridgehead atoms. The quantitative estimate of drug-likeness (QED) is 0.933. The predicted octanol–water partition coefficient (Wildman–Crippen LogP) is 3.06. The Morgan fingerprint density at radius 2 is 1.88 bits per heavy atom. The maximum absolute atomic E-state index is 12.5. The minimum atomic E-state index is -4.48. The maximum atomic E-state index is 12.5. The molecule has 2 aromatic rings. The zero-order chi connectivity index (χ0) is 18.0. The van der Waals surface area contributed by atoms with Gasteiger partial charge in [-0.15, -0.1) is 0 Å². The summed E-state index contributed by atoms with van der Waals surface area (Å²) in [5.41, 5.74) is -0.859. The van der Waals surface area contributed by atoms with E-state index in [1.165, 1.54) is 20.0 Å². The van der Waals surface area contributed by atoms with Gasteiger partial charge in [-0.25, -0.2) is 4.68 Å². The summed E-state index contributed by atoms with van der Waals surface area (Å²) in [6.07, 6.45) is -3.25. The van der Waals surface area contributed by atoms with Crippen molar-refractivity contribution in [2.45, 2.75) is 26.6 Å².